The molecule has 2 aromatic carbocycles. The number of nitrogens with one attached hydrogen (secondary N) is 1. The third-order valence-electron chi connectivity index (χ3n) is 7.64. The van der Waals surface area contributed by atoms with Crippen LogP contribution in [-0.4, -0.2) is 90.2 Å². The van der Waals surface area contributed by atoms with Crippen LogP contribution >= 0.6 is 0 Å². The van der Waals surface area contributed by atoms with Crippen molar-refractivity contribution in [3.05, 3.63) is 54.0 Å². The molecule has 1 aliphatic heterocycles. The Bertz CT molecular complexity index is 1490. The Balaban J connectivity index is 1.43. The Kier molecular flexibility index (Phi) is 10.0. The zero-order valence-corrected chi connectivity index (χ0v) is 25.8. The monoisotopic (exact) mass is 592 g/mol. The zero-order chi connectivity index (χ0) is 31.3. The van der Waals surface area contributed by atoms with E-state index in [1.165, 1.54) is 25.1 Å². The third-order valence-corrected chi connectivity index (χ3v) is 7.64. The van der Waals surface area contributed by atoms with Gasteiger partial charge in [-0.25, -0.2) is 9.18 Å². The fourth-order valence-electron chi connectivity index (χ4n) is 5.18. The molecule has 4 rings (SSSR count). The van der Waals surface area contributed by atoms with Gasteiger partial charge in [0.1, 0.15) is 17.5 Å². The Labute approximate surface area is 252 Å². The first-order valence-electron chi connectivity index (χ1n) is 14.5. The van der Waals surface area contributed by atoms with Gasteiger partial charge in [0.05, 0.1) is 30.4 Å². The van der Waals surface area contributed by atoms with Gasteiger partial charge >= 0.3 is 6.09 Å². The second-order valence-corrected chi connectivity index (χ2v) is 12.2. The van der Waals surface area contributed by atoms with Crippen molar-refractivity contribution in [3.63, 3.8) is 0 Å². The van der Waals surface area contributed by atoms with Crippen LogP contribution < -0.4 is 5.32 Å². The number of aromatic nitrogens is 2. The Morgan fingerprint density at radius 1 is 1.19 bits per heavy atom. The largest absolute Gasteiger partial charge is 0.444 e. The number of hydrogen-bond acceptors (Lipinski definition) is 7. The number of rotatable bonds is 9. The molecule has 1 fully saturated rings. The lowest BCUT2D eigenvalue weighted by Crippen LogP contribution is -2.48. The van der Waals surface area contributed by atoms with Crippen LogP contribution in [0.15, 0.2) is 42.6 Å². The summed E-state index contributed by atoms with van der Waals surface area (Å²) in [7, 11) is 4.96. The molecular weight excluding hydrogens is 551 g/mol. The number of amides is 2. The fourth-order valence-corrected chi connectivity index (χ4v) is 5.18. The summed E-state index contributed by atoms with van der Waals surface area (Å²) in [5.74, 6) is -1.06. The maximum absolute atomic E-state index is 15.3. The summed E-state index contributed by atoms with van der Waals surface area (Å²) >= 11 is 0. The van der Waals surface area contributed by atoms with Gasteiger partial charge in [0.2, 0.25) is 0 Å². The number of likely N-dealkylation sites (N-methyl/N-ethyl adjacent to an activating group) is 1. The Morgan fingerprint density at radius 3 is 2.49 bits per heavy atom. The van der Waals surface area contributed by atoms with Crippen LogP contribution in [0.3, 0.4) is 0 Å². The molecule has 1 aromatic heterocycles. The SMILES string of the molecule is CO[C@@H](CN(C)C(=O)OC(C)(C)C)C(=O)N[C@H](C#N)Cc1ccc(-c2ccc3cnn(C4CCN(C)CC4)c3c2)cc1F. The number of carbonyl (C=O) groups is 2. The molecule has 1 aliphatic rings. The lowest BCUT2D eigenvalue weighted by molar-refractivity contribution is -0.132. The Hall–Kier alpha value is -4.01. The van der Waals surface area contributed by atoms with E-state index in [0.717, 1.165) is 42.4 Å². The first kappa shape index (κ1) is 31.9. The standard InChI is InChI=1S/C32H41FN6O4/c1-32(2,3)43-31(41)38(5)20-29(42-6)30(40)36-25(18-34)15-23-9-7-21(16-27(23)33)22-8-10-24-19-35-39(28(24)17-22)26-11-13-37(4)14-12-26/h7-10,16-17,19,25-26,29H,11-15,20H2,1-6H3,(H,36,40)/t25-,29-/m0/s1. The molecule has 1 N–H and O–H groups in total. The van der Waals surface area contributed by atoms with E-state index in [1.807, 2.05) is 36.5 Å². The zero-order valence-electron chi connectivity index (χ0n) is 25.8. The van der Waals surface area contributed by atoms with Crippen molar-refractivity contribution in [3.8, 4) is 17.2 Å². The third kappa shape index (κ3) is 8.09. The second kappa shape index (κ2) is 13.5. The van der Waals surface area contributed by atoms with Gasteiger partial charge < -0.3 is 24.6 Å². The normalized spacial score (nSPS) is 16.0. The van der Waals surface area contributed by atoms with Gasteiger partial charge in [0.25, 0.3) is 5.91 Å². The van der Waals surface area contributed by atoms with Crippen molar-refractivity contribution >= 4 is 22.9 Å². The van der Waals surface area contributed by atoms with Gasteiger partial charge in [-0.05, 0) is 82.6 Å². The number of carbonyl (C=O) groups excluding carboxylic acids is 2. The van der Waals surface area contributed by atoms with Crippen LogP contribution in [0.1, 0.15) is 45.2 Å². The number of methoxy groups -OCH3 is 1. The predicted octanol–water partition coefficient (Wildman–Crippen LogP) is 4.54. The first-order chi connectivity index (χ1) is 20.4. The highest BCUT2D eigenvalue weighted by molar-refractivity contribution is 5.85. The summed E-state index contributed by atoms with van der Waals surface area (Å²) < 4.78 is 28.0. The van der Waals surface area contributed by atoms with Crippen LogP contribution in [0.2, 0.25) is 0 Å². The topological polar surface area (TPSA) is 113 Å². The highest BCUT2D eigenvalue weighted by atomic mass is 19.1. The first-order valence-corrected chi connectivity index (χ1v) is 14.5. The highest BCUT2D eigenvalue weighted by Gasteiger charge is 2.27. The van der Waals surface area contributed by atoms with Crippen LogP contribution in [0.4, 0.5) is 9.18 Å². The minimum atomic E-state index is -1.04. The van der Waals surface area contributed by atoms with Crippen LogP contribution in [0.25, 0.3) is 22.0 Å². The van der Waals surface area contributed by atoms with Crippen molar-refractivity contribution < 1.29 is 23.5 Å². The van der Waals surface area contributed by atoms with Crippen molar-refractivity contribution in [1.29, 1.82) is 5.26 Å². The number of nitriles is 1. The van der Waals surface area contributed by atoms with Gasteiger partial charge in [-0.2, -0.15) is 10.4 Å². The van der Waals surface area contributed by atoms with Crippen molar-refractivity contribution in [2.24, 2.45) is 0 Å². The summed E-state index contributed by atoms with van der Waals surface area (Å²) in [4.78, 5) is 28.7. The fraction of sp³-hybridized carbons (Fsp3) is 0.500. The van der Waals surface area contributed by atoms with E-state index in [1.54, 1.807) is 26.8 Å². The van der Waals surface area contributed by atoms with Gasteiger partial charge in [0, 0.05) is 26.0 Å². The molecule has 11 heteroatoms. The van der Waals surface area contributed by atoms with E-state index in [0.29, 0.717) is 17.2 Å². The molecule has 230 valence electrons. The number of nitrogens with zero attached hydrogens (tertiary/aromatic N) is 5. The molecule has 2 amide bonds. The predicted molar refractivity (Wildman–Crippen MR) is 162 cm³/mol. The summed E-state index contributed by atoms with van der Waals surface area (Å²) in [5.41, 5.74) is 2.21. The molecular formula is C32H41FN6O4. The number of fused-ring (bicyclic) bond motifs is 1. The highest BCUT2D eigenvalue weighted by Crippen LogP contribution is 2.30. The molecule has 0 unspecified atom stereocenters. The maximum atomic E-state index is 15.3. The van der Waals surface area contributed by atoms with Crippen molar-refractivity contribution in [2.75, 3.05) is 40.8 Å². The summed E-state index contributed by atoms with van der Waals surface area (Å²) in [5, 5.41) is 18.0. The van der Waals surface area contributed by atoms with Gasteiger partial charge in [-0.3, -0.25) is 9.48 Å². The number of likely N-dealkylation sites (tertiary alicyclic amines) is 1. The smallest absolute Gasteiger partial charge is 0.410 e. The Morgan fingerprint density at radius 2 is 1.86 bits per heavy atom. The molecule has 10 nitrogen and oxygen atoms in total. The van der Waals surface area contributed by atoms with E-state index >= 15 is 4.39 Å². The average Bonchev–Trinajstić information content (AvgIpc) is 3.39. The van der Waals surface area contributed by atoms with E-state index in [9.17, 15) is 14.9 Å². The summed E-state index contributed by atoms with van der Waals surface area (Å²) in [6, 6.07) is 12.3. The minimum Gasteiger partial charge on any atom is -0.444 e. The van der Waals surface area contributed by atoms with E-state index in [4.69, 9.17) is 9.47 Å². The van der Waals surface area contributed by atoms with Crippen molar-refractivity contribution in [1.82, 2.24) is 24.9 Å². The molecule has 1 saturated heterocycles. The minimum absolute atomic E-state index is 0.0331. The summed E-state index contributed by atoms with van der Waals surface area (Å²) in [6.07, 6.45) is 2.26. The van der Waals surface area contributed by atoms with E-state index < -0.39 is 35.6 Å². The van der Waals surface area contributed by atoms with Crippen LogP contribution in [0, 0.1) is 17.1 Å². The second-order valence-electron chi connectivity index (χ2n) is 12.2. The quantitative estimate of drug-likeness (QED) is 0.388. The number of ether oxygens (including phenoxy) is 2. The number of piperidine rings is 1. The van der Waals surface area contributed by atoms with Crippen molar-refractivity contribution in [2.45, 2.75) is 63.8 Å². The van der Waals surface area contributed by atoms with E-state index in [-0.39, 0.29) is 13.0 Å². The molecule has 2 heterocycles. The molecule has 0 aliphatic carbocycles. The molecule has 43 heavy (non-hydrogen) atoms. The molecule has 3 aromatic rings. The number of hydrogen-bond donors (Lipinski definition) is 1. The molecule has 0 spiro atoms. The lowest BCUT2D eigenvalue weighted by atomic mass is 9.99. The molecule has 2 atom stereocenters. The van der Waals surface area contributed by atoms with Gasteiger partial charge in [-0.15, -0.1) is 0 Å². The number of benzene rings is 2. The molecule has 0 saturated carbocycles. The average molecular weight is 593 g/mol. The molecule has 0 radical (unpaired) electrons. The van der Waals surface area contributed by atoms with Crippen LogP contribution in [-0.2, 0) is 20.7 Å². The lowest BCUT2D eigenvalue weighted by Gasteiger charge is -2.29. The molecule has 0 bridgehead atoms. The van der Waals surface area contributed by atoms with Gasteiger partial charge in [-0.1, -0.05) is 24.3 Å². The summed E-state index contributed by atoms with van der Waals surface area (Å²) in [6.45, 7) is 7.20. The van der Waals surface area contributed by atoms with Gasteiger partial charge in [0.15, 0.2) is 6.10 Å². The number of halogens is 1. The van der Waals surface area contributed by atoms with E-state index in [2.05, 4.69) is 27.0 Å². The van der Waals surface area contributed by atoms with Crippen LogP contribution in [0.5, 0.6) is 0 Å². The maximum Gasteiger partial charge on any atom is 0.410 e.